The van der Waals surface area contributed by atoms with Crippen LogP contribution in [0.5, 0.6) is 5.75 Å². The molecule has 1 aromatic heterocycles. The van der Waals surface area contributed by atoms with Gasteiger partial charge in [0, 0.05) is 18.0 Å². The van der Waals surface area contributed by atoms with Crippen LogP contribution < -0.4 is 15.4 Å². The van der Waals surface area contributed by atoms with Gasteiger partial charge in [0.1, 0.15) is 17.3 Å². The Kier molecular flexibility index (Phi) is 5.21. The molecule has 0 spiro atoms. The number of nitrogens with one attached hydrogen (secondary N) is 2. The van der Waals surface area contributed by atoms with E-state index in [1.54, 1.807) is 0 Å². The van der Waals surface area contributed by atoms with Crippen molar-refractivity contribution in [2.75, 3.05) is 6.61 Å². The lowest BCUT2D eigenvalue weighted by Crippen LogP contribution is -2.30. The first kappa shape index (κ1) is 18.1. The zero-order chi connectivity index (χ0) is 18.8. The first-order valence-electron chi connectivity index (χ1n) is 9.92. The first-order chi connectivity index (χ1) is 13.1. The van der Waals surface area contributed by atoms with Gasteiger partial charge in [0.05, 0.1) is 6.54 Å². The Bertz CT molecular complexity index is 779. The molecule has 1 aromatic carbocycles. The highest BCUT2D eigenvalue weighted by molar-refractivity contribution is 5.78. The third-order valence-electron chi connectivity index (χ3n) is 5.43. The van der Waals surface area contributed by atoms with Crippen LogP contribution in [0.15, 0.2) is 40.8 Å². The molecule has 2 N–H and O–H groups in total. The van der Waals surface area contributed by atoms with Crippen molar-refractivity contribution in [2.45, 2.75) is 57.7 Å². The summed E-state index contributed by atoms with van der Waals surface area (Å²) in [5.74, 6) is 4.16. The van der Waals surface area contributed by atoms with E-state index in [1.165, 1.54) is 12.0 Å². The minimum absolute atomic E-state index is 0.0463. The second kappa shape index (κ2) is 7.77. The van der Waals surface area contributed by atoms with Gasteiger partial charge in [-0.1, -0.05) is 19.1 Å². The highest BCUT2D eigenvalue weighted by Gasteiger charge is 2.36. The van der Waals surface area contributed by atoms with Gasteiger partial charge < -0.3 is 19.8 Å². The second-order valence-electron chi connectivity index (χ2n) is 7.93. The maximum Gasteiger partial charge on any atom is 0.258 e. The lowest BCUT2D eigenvalue weighted by Gasteiger charge is -2.14. The largest absolute Gasteiger partial charge is 0.484 e. The van der Waals surface area contributed by atoms with Gasteiger partial charge in [0.15, 0.2) is 6.61 Å². The van der Waals surface area contributed by atoms with Crippen LogP contribution in [0.2, 0.25) is 0 Å². The number of hydrogen-bond acceptors (Lipinski definition) is 4. The van der Waals surface area contributed by atoms with Crippen LogP contribution in [-0.4, -0.2) is 18.6 Å². The maximum atomic E-state index is 11.7. The van der Waals surface area contributed by atoms with Crippen molar-refractivity contribution in [3.63, 3.8) is 0 Å². The van der Waals surface area contributed by atoms with Crippen LogP contribution in [0.4, 0.5) is 0 Å². The van der Waals surface area contributed by atoms with Gasteiger partial charge >= 0.3 is 0 Å². The Labute approximate surface area is 160 Å². The van der Waals surface area contributed by atoms with Crippen molar-refractivity contribution >= 4 is 5.91 Å². The third kappa shape index (κ3) is 4.92. The normalized spacial score (nSPS) is 22.3. The molecule has 27 heavy (non-hydrogen) atoms. The molecule has 0 saturated heterocycles. The molecule has 5 heteroatoms. The first-order valence-corrected chi connectivity index (χ1v) is 9.92. The zero-order valence-electron chi connectivity index (χ0n) is 16.0. The number of furan rings is 1. The number of ether oxygens (including phenoxy) is 1. The standard InChI is InChI=1S/C22H28N2O3/c1-14-11-20(14)21-10-9-19(27-21)12-23-15(2)16-3-7-18(8-4-16)26-13-22(25)24-17-5-6-17/h3-4,7-10,14-15,17,20,23H,5-6,11-13H2,1-2H3,(H,24,25). The Balaban J connectivity index is 1.22. The van der Waals surface area contributed by atoms with E-state index >= 15 is 0 Å². The topological polar surface area (TPSA) is 63.5 Å². The van der Waals surface area contributed by atoms with E-state index in [9.17, 15) is 4.79 Å². The number of amides is 1. The molecule has 144 valence electrons. The predicted molar refractivity (Wildman–Crippen MR) is 104 cm³/mol. The minimum Gasteiger partial charge on any atom is -0.484 e. The van der Waals surface area contributed by atoms with E-state index in [0.29, 0.717) is 24.3 Å². The monoisotopic (exact) mass is 368 g/mol. The molecule has 0 aliphatic heterocycles. The lowest BCUT2D eigenvalue weighted by molar-refractivity contribution is -0.123. The van der Waals surface area contributed by atoms with Gasteiger partial charge in [-0.05, 0) is 61.9 Å². The van der Waals surface area contributed by atoms with E-state index < -0.39 is 0 Å². The number of hydrogen-bond donors (Lipinski definition) is 2. The summed E-state index contributed by atoms with van der Waals surface area (Å²) in [5, 5.41) is 6.42. The maximum absolute atomic E-state index is 11.7. The third-order valence-corrected chi connectivity index (χ3v) is 5.43. The molecule has 2 fully saturated rings. The second-order valence-corrected chi connectivity index (χ2v) is 7.93. The predicted octanol–water partition coefficient (Wildman–Crippen LogP) is 3.91. The fourth-order valence-corrected chi connectivity index (χ4v) is 3.28. The quantitative estimate of drug-likeness (QED) is 0.704. The molecule has 1 heterocycles. The van der Waals surface area contributed by atoms with Gasteiger partial charge in [-0.3, -0.25) is 4.79 Å². The summed E-state index contributed by atoms with van der Waals surface area (Å²) in [7, 11) is 0. The summed E-state index contributed by atoms with van der Waals surface area (Å²) in [6.07, 6.45) is 3.42. The number of rotatable bonds is 9. The Hall–Kier alpha value is -2.27. The van der Waals surface area contributed by atoms with Crippen LogP contribution in [0.3, 0.4) is 0 Å². The number of carbonyl (C=O) groups is 1. The SMILES string of the molecule is CC(NCc1ccc(C2CC2C)o1)c1ccc(OCC(=O)NC2CC2)cc1. The van der Waals surface area contributed by atoms with Gasteiger partial charge in [-0.2, -0.15) is 0 Å². The van der Waals surface area contributed by atoms with Crippen LogP contribution in [0.1, 0.15) is 62.2 Å². The molecule has 3 unspecified atom stereocenters. The molecule has 2 aliphatic carbocycles. The highest BCUT2D eigenvalue weighted by atomic mass is 16.5. The molecule has 1 amide bonds. The van der Waals surface area contributed by atoms with E-state index in [1.807, 2.05) is 24.3 Å². The summed E-state index contributed by atoms with van der Waals surface area (Å²) in [6, 6.07) is 12.6. The van der Waals surface area contributed by atoms with Crippen molar-refractivity contribution < 1.29 is 13.9 Å². The Morgan fingerprint density at radius 3 is 2.63 bits per heavy atom. The van der Waals surface area contributed by atoms with Crippen LogP contribution >= 0.6 is 0 Å². The molecule has 2 aliphatic rings. The van der Waals surface area contributed by atoms with E-state index in [2.05, 4.69) is 36.6 Å². The van der Waals surface area contributed by atoms with Gasteiger partial charge in [-0.15, -0.1) is 0 Å². The molecule has 2 saturated carbocycles. The molecule has 5 nitrogen and oxygen atoms in total. The van der Waals surface area contributed by atoms with Gasteiger partial charge in [0.2, 0.25) is 0 Å². The van der Waals surface area contributed by atoms with Crippen molar-refractivity contribution in [3.05, 3.63) is 53.5 Å². The molecule has 0 radical (unpaired) electrons. The Morgan fingerprint density at radius 2 is 1.96 bits per heavy atom. The van der Waals surface area contributed by atoms with Crippen LogP contribution in [0.25, 0.3) is 0 Å². The van der Waals surface area contributed by atoms with E-state index in [4.69, 9.17) is 9.15 Å². The zero-order valence-corrected chi connectivity index (χ0v) is 16.0. The highest BCUT2D eigenvalue weighted by Crippen LogP contribution is 2.47. The van der Waals surface area contributed by atoms with E-state index in [-0.39, 0.29) is 18.6 Å². The van der Waals surface area contributed by atoms with Crippen molar-refractivity contribution in [3.8, 4) is 5.75 Å². The van der Waals surface area contributed by atoms with Crippen molar-refractivity contribution in [2.24, 2.45) is 5.92 Å². The fraction of sp³-hybridized carbons (Fsp3) is 0.500. The number of carbonyl (C=O) groups excluding carboxylic acids is 1. The van der Waals surface area contributed by atoms with Crippen LogP contribution in [-0.2, 0) is 11.3 Å². The summed E-state index contributed by atoms with van der Waals surface area (Å²) in [6.45, 7) is 5.18. The average Bonchev–Trinajstić information content (AvgIpc) is 3.58. The molecular formula is C22H28N2O3. The van der Waals surface area contributed by atoms with Gasteiger partial charge in [0.25, 0.3) is 5.91 Å². The van der Waals surface area contributed by atoms with Crippen molar-refractivity contribution in [1.29, 1.82) is 0 Å². The summed E-state index contributed by atoms with van der Waals surface area (Å²) >= 11 is 0. The average molecular weight is 368 g/mol. The minimum atomic E-state index is -0.0463. The molecule has 2 aromatic rings. The number of benzene rings is 1. The smallest absolute Gasteiger partial charge is 0.258 e. The molecule has 0 bridgehead atoms. The van der Waals surface area contributed by atoms with E-state index in [0.717, 1.165) is 30.3 Å². The summed E-state index contributed by atoms with van der Waals surface area (Å²) in [5.41, 5.74) is 1.17. The molecule has 4 rings (SSSR count). The summed E-state index contributed by atoms with van der Waals surface area (Å²) in [4.78, 5) is 11.7. The summed E-state index contributed by atoms with van der Waals surface area (Å²) < 4.78 is 11.5. The van der Waals surface area contributed by atoms with Gasteiger partial charge in [-0.25, -0.2) is 0 Å². The molecule has 3 atom stereocenters. The van der Waals surface area contributed by atoms with Crippen LogP contribution in [0, 0.1) is 5.92 Å². The Morgan fingerprint density at radius 1 is 1.22 bits per heavy atom. The van der Waals surface area contributed by atoms with Crippen molar-refractivity contribution in [1.82, 2.24) is 10.6 Å². The lowest BCUT2D eigenvalue weighted by atomic mass is 10.1. The fourth-order valence-electron chi connectivity index (χ4n) is 3.28. The molecular weight excluding hydrogens is 340 g/mol.